The van der Waals surface area contributed by atoms with Gasteiger partial charge in [-0.15, -0.1) is 0 Å². The van der Waals surface area contributed by atoms with Gasteiger partial charge in [0.2, 0.25) is 5.91 Å². The third-order valence-corrected chi connectivity index (χ3v) is 2.28. The number of hydrogen-bond donors (Lipinski definition) is 3. The Kier molecular flexibility index (Phi) is 5.19. The van der Waals surface area contributed by atoms with Crippen molar-refractivity contribution in [2.24, 2.45) is 0 Å². The standard InChI is InChI=1S/C6H11NO.C6H6O2/c8-6-4-2-1-3-5-7-6;7-5-3-1-2-4-6(5)8/h1-5H2,(H,7,8);1-4,7-8H. The summed E-state index contributed by atoms with van der Waals surface area (Å²) in [4.78, 5) is 10.6. The van der Waals surface area contributed by atoms with Crippen LogP contribution in [-0.4, -0.2) is 22.7 Å². The highest BCUT2D eigenvalue weighted by molar-refractivity contribution is 5.75. The van der Waals surface area contributed by atoms with Crippen molar-refractivity contribution in [3.8, 4) is 11.5 Å². The molecular weight excluding hydrogens is 206 g/mol. The Hall–Kier alpha value is -1.71. The van der Waals surface area contributed by atoms with Crippen LogP contribution in [0.2, 0.25) is 0 Å². The van der Waals surface area contributed by atoms with Gasteiger partial charge in [-0.2, -0.15) is 0 Å². The van der Waals surface area contributed by atoms with Crippen LogP contribution in [0.25, 0.3) is 0 Å². The Bertz CT molecular complexity index is 308. The van der Waals surface area contributed by atoms with E-state index in [0.717, 1.165) is 25.8 Å². The first kappa shape index (κ1) is 12.4. The fraction of sp³-hybridized carbons (Fsp3) is 0.417. The van der Waals surface area contributed by atoms with Crippen molar-refractivity contribution >= 4 is 5.91 Å². The summed E-state index contributed by atoms with van der Waals surface area (Å²) in [6, 6.07) is 6.15. The summed E-state index contributed by atoms with van der Waals surface area (Å²) < 4.78 is 0. The molecule has 4 nitrogen and oxygen atoms in total. The molecule has 1 aromatic rings. The first-order chi connectivity index (χ1) is 7.70. The van der Waals surface area contributed by atoms with Gasteiger partial charge in [0.25, 0.3) is 0 Å². The SMILES string of the molecule is O=C1CCCCCN1.Oc1ccccc1O. The zero-order valence-corrected chi connectivity index (χ0v) is 9.15. The van der Waals surface area contributed by atoms with Crippen LogP contribution >= 0.6 is 0 Å². The lowest BCUT2D eigenvalue weighted by Gasteiger charge is -1.93. The molecule has 2 rings (SSSR count). The highest BCUT2D eigenvalue weighted by Gasteiger charge is 2.03. The van der Waals surface area contributed by atoms with Crippen LogP contribution in [0, 0.1) is 0 Å². The van der Waals surface area contributed by atoms with Gasteiger partial charge in [0.15, 0.2) is 11.5 Å². The number of rotatable bonds is 0. The Labute approximate surface area is 94.9 Å². The number of phenols is 2. The highest BCUT2D eigenvalue weighted by Crippen LogP contribution is 2.21. The topological polar surface area (TPSA) is 69.6 Å². The maximum atomic E-state index is 10.6. The second-order valence-corrected chi connectivity index (χ2v) is 3.65. The van der Waals surface area contributed by atoms with E-state index in [-0.39, 0.29) is 17.4 Å². The van der Waals surface area contributed by atoms with E-state index < -0.39 is 0 Å². The largest absolute Gasteiger partial charge is 0.504 e. The normalized spacial score (nSPS) is 15.4. The molecule has 1 aliphatic rings. The molecule has 0 unspecified atom stereocenters. The number of aromatic hydroxyl groups is 2. The van der Waals surface area contributed by atoms with Crippen molar-refractivity contribution in [2.45, 2.75) is 25.7 Å². The molecule has 1 heterocycles. The summed E-state index contributed by atoms with van der Waals surface area (Å²) in [7, 11) is 0. The van der Waals surface area contributed by atoms with E-state index >= 15 is 0 Å². The summed E-state index contributed by atoms with van der Waals surface area (Å²) in [6.45, 7) is 0.888. The van der Waals surface area contributed by atoms with Crippen molar-refractivity contribution in [1.29, 1.82) is 0 Å². The van der Waals surface area contributed by atoms with Crippen molar-refractivity contribution < 1.29 is 15.0 Å². The third kappa shape index (κ3) is 4.68. The first-order valence-electron chi connectivity index (χ1n) is 5.44. The van der Waals surface area contributed by atoms with Crippen molar-refractivity contribution in [2.75, 3.05) is 6.54 Å². The zero-order valence-electron chi connectivity index (χ0n) is 9.15. The zero-order chi connectivity index (χ0) is 11.8. The van der Waals surface area contributed by atoms with Crippen LogP contribution in [0.4, 0.5) is 0 Å². The number of carbonyl (C=O) groups excluding carboxylic acids is 1. The second-order valence-electron chi connectivity index (χ2n) is 3.65. The van der Waals surface area contributed by atoms with Crippen LogP contribution in [0.1, 0.15) is 25.7 Å². The predicted octanol–water partition coefficient (Wildman–Crippen LogP) is 1.77. The van der Waals surface area contributed by atoms with E-state index in [2.05, 4.69) is 5.32 Å². The Morgan fingerprint density at radius 1 is 1.00 bits per heavy atom. The average Bonchev–Trinajstić information content (AvgIpc) is 2.51. The van der Waals surface area contributed by atoms with Gasteiger partial charge in [0.05, 0.1) is 0 Å². The van der Waals surface area contributed by atoms with Gasteiger partial charge < -0.3 is 15.5 Å². The van der Waals surface area contributed by atoms with Gasteiger partial charge in [-0.3, -0.25) is 4.79 Å². The average molecular weight is 223 g/mol. The van der Waals surface area contributed by atoms with Crippen LogP contribution in [0.5, 0.6) is 11.5 Å². The van der Waals surface area contributed by atoms with E-state index in [0.29, 0.717) is 0 Å². The van der Waals surface area contributed by atoms with Gasteiger partial charge in [0, 0.05) is 13.0 Å². The lowest BCUT2D eigenvalue weighted by Crippen LogP contribution is -2.21. The first-order valence-corrected chi connectivity index (χ1v) is 5.44. The molecule has 0 aliphatic carbocycles. The van der Waals surface area contributed by atoms with Gasteiger partial charge in [0.1, 0.15) is 0 Å². The van der Waals surface area contributed by atoms with Gasteiger partial charge in [-0.05, 0) is 25.0 Å². The molecule has 0 spiro atoms. The van der Waals surface area contributed by atoms with E-state index in [9.17, 15) is 4.79 Å². The molecule has 1 aromatic carbocycles. The Morgan fingerprint density at radius 3 is 2.19 bits per heavy atom. The molecule has 0 saturated carbocycles. The summed E-state index contributed by atoms with van der Waals surface area (Å²) in [6.07, 6.45) is 4.18. The number of benzene rings is 1. The third-order valence-electron chi connectivity index (χ3n) is 2.28. The minimum absolute atomic E-state index is 0.0764. The highest BCUT2D eigenvalue weighted by atomic mass is 16.3. The summed E-state index contributed by atoms with van der Waals surface area (Å²) in [5, 5.41) is 20.1. The maximum Gasteiger partial charge on any atom is 0.219 e. The van der Waals surface area contributed by atoms with Crippen LogP contribution < -0.4 is 5.32 Å². The smallest absolute Gasteiger partial charge is 0.219 e. The number of amides is 1. The molecule has 1 saturated heterocycles. The monoisotopic (exact) mass is 223 g/mol. The van der Waals surface area contributed by atoms with Crippen molar-refractivity contribution in [1.82, 2.24) is 5.32 Å². The number of carbonyl (C=O) groups is 1. The number of nitrogens with one attached hydrogen (secondary N) is 1. The molecule has 3 N–H and O–H groups in total. The Morgan fingerprint density at radius 2 is 1.62 bits per heavy atom. The van der Waals surface area contributed by atoms with E-state index in [1.165, 1.54) is 18.6 Å². The van der Waals surface area contributed by atoms with Crippen molar-refractivity contribution in [3.63, 3.8) is 0 Å². The number of hydrogen-bond acceptors (Lipinski definition) is 3. The van der Waals surface area contributed by atoms with Gasteiger partial charge in [-0.25, -0.2) is 0 Å². The lowest BCUT2D eigenvalue weighted by atomic mass is 10.2. The molecular formula is C12H17NO3. The molecule has 0 atom stereocenters. The number of phenolic OH excluding ortho intramolecular Hbond substituents is 2. The molecule has 0 aromatic heterocycles. The maximum absolute atomic E-state index is 10.6. The molecule has 0 radical (unpaired) electrons. The van der Waals surface area contributed by atoms with E-state index in [1.807, 2.05) is 0 Å². The Balaban J connectivity index is 0.000000160. The van der Waals surface area contributed by atoms with Gasteiger partial charge >= 0.3 is 0 Å². The second kappa shape index (κ2) is 6.71. The summed E-state index contributed by atoms with van der Waals surface area (Å²) in [5.74, 6) is 0.0718. The molecule has 0 bridgehead atoms. The molecule has 16 heavy (non-hydrogen) atoms. The molecule has 4 heteroatoms. The van der Waals surface area contributed by atoms with E-state index in [4.69, 9.17) is 10.2 Å². The predicted molar refractivity (Wildman–Crippen MR) is 61.2 cm³/mol. The number of para-hydroxylation sites is 2. The molecule has 1 amide bonds. The summed E-state index contributed by atoms with van der Waals surface area (Å²) in [5.41, 5.74) is 0. The summed E-state index contributed by atoms with van der Waals surface area (Å²) >= 11 is 0. The van der Waals surface area contributed by atoms with Gasteiger partial charge in [-0.1, -0.05) is 18.6 Å². The fourth-order valence-corrected chi connectivity index (χ4v) is 1.37. The lowest BCUT2D eigenvalue weighted by molar-refractivity contribution is -0.120. The van der Waals surface area contributed by atoms with Crippen LogP contribution in [0.3, 0.4) is 0 Å². The van der Waals surface area contributed by atoms with E-state index in [1.54, 1.807) is 12.1 Å². The minimum Gasteiger partial charge on any atom is -0.504 e. The molecule has 1 aliphatic heterocycles. The molecule has 1 fully saturated rings. The molecule has 88 valence electrons. The van der Waals surface area contributed by atoms with Crippen LogP contribution in [-0.2, 0) is 4.79 Å². The minimum atomic E-state index is -0.0764. The quantitative estimate of drug-likeness (QED) is 0.587. The van der Waals surface area contributed by atoms with Crippen molar-refractivity contribution in [3.05, 3.63) is 24.3 Å². The van der Waals surface area contributed by atoms with Crippen LogP contribution in [0.15, 0.2) is 24.3 Å². The fourth-order valence-electron chi connectivity index (χ4n) is 1.37.